The molecule has 0 N–H and O–H groups in total. The zero-order chi connectivity index (χ0) is 14.1. The predicted octanol–water partition coefficient (Wildman–Crippen LogP) is 3.52. The van der Waals surface area contributed by atoms with E-state index in [4.69, 9.17) is 4.99 Å². The van der Waals surface area contributed by atoms with Crippen LogP contribution >= 0.6 is 15.9 Å². The van der Waals surface area contributed by atoms with Crippen LogP contribution in [0.5, 0.6) is 0 Å². The Labute approximate surface area is 127 Å². The molecule has 1 unspecified atom stereocenters. The van der Waals surface area contributed by atoms with Crippen LogP contribution in [-0.2, 0) is 0 Å². The molecule has 0 saturated heterocycles. The maximum absolute atomic E-state index is 4.80. The Hall–Kier alpha value is -1.68. The van der Waals surface area contributed by atoms with Gasteiger partial charge in [0.05, 0.1) is 18.0 Å². The van der Waals surface area contributed by atoms with Gasteiger partial charge in [-0.05, 0) is 37.3 Å². The van der Waals surface area contributed by atoms with Crippen molar-refractivity contribution in [3.8, 4) is 0 Å². The summed E-state index contributed by atoms with van der Waals surface area (Å²) in [6.07, 6.45) is 1.81. The standard InChI is InChI=1S/C16H16BrN3/c1-11-10-19-16(14-5-3-4-8-18-14)13-9-12(17)6-7-15(13)20(11)2/h3-9,11H,10H2,1-2H3. The third kappa shape index (κ3) is 2.36. The number of benzene rings is 1. The van der Waals surface area contributed by atoms with E-state index in [1.54, 1.807) is 0 Å². The summed E-state index contributed by atoms with van der Waals surface area (Å²) in [7, 11) is 2.12. The zero-order valence-corrected chi connectivity index (χ0v) is 13.1. The number of pyridine rings is 1. The Morgan fingerprint density at radius 1 is 1.25 bits per heavy atom. The van der Waals surface area contributed by atoms with Crippen molar-refractivity contribution < 1.29 is 0 Å². The molecule has 20 heavy (non-hydrogen) atoms. The molecule has 0 bridgehead atoms. The van der Waals surface area contributed by atoms with E-state index in [1.807, 2.05) is 24.4 Å². The van der Waals surface area contributed by atoms with E-state index >= 15 is 0 Å². The molecule has 2 aromatic rings. The summed E-state index contributed by atoms with van der Waals surface area (Å²) in [5, 5.41) is 0. The average Bonchev–Trinajstić information content (AvgIpc) is 2.58. The molecule has 1 aromatic heterocycles. The lowest BCUT2D eigenvalue weighted by atomic mass is 10.0. The molecule has 4 heteroatoms. The maximum atomic E-state index is 4.80. The molecule has 102 valence electrons. The van der Waals surface area contributed by atoms with Gasteiger partial charge in [-0.1, -0.05) is 22.0 Å². The summed E-state index contributed by atoms with van der Waals surface area (Å²) in [4.78, 5) is 11.5. The summed E-state index contributed by atoms with van der Waals surface area (Å²) in [6.45, 7) is 2.96. The van der Waals surface area contributed by atoms with Gasteiger partial charge in [0.2, 0.25) is 0 Å². The number of hydrogen-bond acceptors (Lipinski definition) is 3. The number of anilines is 1. The van der Waals surface area contributed by atoms with Crippen LogP contribution < -0.4 is 4.90 Å². The van der Waals surface area contributed by atoms with Crippen molar-refractivity contribution in [1.29, 1.82) is 0 Å². The van der Waals surface area contributed by atoms with Gasteiger partial charge in [-0.15, -0.1) is 0 Å². The Kier molecular flexibility index (Phi) is 3.57. The second-order valence-electron chi connectivity index (χ2n) is 5.03. The number of halogens is 1. The van der Waals surface area contributed by atoms with Gasteiger partial charge in [-0.2, -0.15) is 0 Å². The first-order valence-electron chi connectivity index (χ1n) is 6.65. The first-order chi connectivity index (χ1) is 9.66. The van der Waals surface area contributed by atoms with Crippen molar-refractivity contribution in [2.75, 3.05) is 18.5 Å². The molecular formula is C16H16BrN3. The van der Waals surface area contributed by atoms with Gasteiger partial charge in [0, 0.05) is 35.0 Å². The SMILES string of the molecule is CC1CN=C(c2ccccn2)c2cc(Br)ccc2N1C. The summed E-state index contributed by atoms with van der Waals surface area (Å²) >= 11 is 3.56. The number of nitrogens with zero attached hydrogens (tertiary/aromatic N) is 3. The molecule has 2 heterocycles. The number of benzodiazepines with no additional fused rings is 1. The molecule has 1 aliphatic rings. The molecule has 0 fully saturated rings. The Balaban J connectivity index is 2.20. The van der Waals surface area contributed by atoms with Crippen LogP contribution in [0, 0.1) is 0 Å². The highest BCUT2D eigenvalue weighted by atomic mass is 79.9. The lowest BCUT2D eigenvalue weighted by molar-refractivity contribution is 0.702. The Morgan fingerprint density at radius 2 is 2.10 bits per heavy atom. The van der Waals surface area contributed by atoms with Crippen LogP contribution in [0.3, 0.4) is 0 Å². The molecule has 0 amide bonds. The molecule has 1 aromatic carbocycles. The maximum Gasteiger partial charge on any atom is 0.0925 e. The number of rotatable bonds is 1. The summed E-state index contributed by atoms with van der Waals surface area (Å²) in [5.41, 5.74) is 4.22. The largest absolute Gasteiger partial charge is 0.369 e. The predicted molar refractivity (Wildman–Crippen MR) is 86.8 cm³/mol. The number of likely N-dealkylation sites (N-methyl/N-ethyl adjacent to an activating group) is 1. The van der Waals surface area contributed by atoms with Gasteiger partial charge in [0.25, 0.3) is 0 Å². The van der Waals surface area contributed by atoms with Crippen molar-refractivity contribution in [1.82, 2.24) is 4.98 Å². The van der Waals surface area contributed by atoms with Gasteiger partial charge in [0.15, 0.2) is 0 Å². The number of aliphatic imine (C=N–C) groups is 1. The van der Waals surface area contributed by atoms with Crippen LogP contribution in [0.15, 0.2) is 52.1 Å². The molecule has 3 nitrogen and oxygen atoms in total. The van der Waals surface area contributed by atoms with E-state index in [-0.39, 0.29) is 0 Å². The highest BCUT2D eigenvalue weighted by Gasteiger charge is 2.22. The third-order valence-corrected chi connectivity index (χ3v) is 4.17. The second-order valence-corrected chi connectivity index (χ2v) is 5.94. The van der Waals surface area contributed by atoms with E-state index in [2.05, 4.69) is 58.0 Å². The number of hydrogen-bond donors (Lipinski definition) is 0. The van der Waals surface area contributed by atoms with E-state index in [0.717, 1.165) is 28.0 Å². The molecule has 0 saturated carbocycles. The fourth-order valence-electron chi connectivity index (χ4n) is 2.40. The molecule has 1 aliphatic heterocycles. The third-order valence-electron chi connectivity index (χ3n) is 3.68. The second kappa shape index (κ2) is 5.37. The normalized spacial score (nSPS) is 18.2. The van der Waals surface area contributed by atoms with Crippen LogP contribution in [0.2, 0.25) is 0 Å². The first kappa shape index (κ1) is 13.3. The first-order valence-corrected chi connectivity index (χ1v) is 7.44. The fraction of sp³-hybridized carbons (Fsp3) is 0.250. The van der Waals surface area contributed by atoms with Crippen molar-refractivity contribution in [3.05, 3.63) is 58.3 Å². The van der Waals surface area contributed by atoms with Crippen LogP contribution in [0.25, 0.3) is 0 Å². The minimum Gasteiger partial charge on any atom is -0.369 e. The van der Waals surface area contributed by atoms with Crippen LogP contribution in [-0.4, -0.2) is 30.3 Å². The van der Waals surface area contributed by atoms with Gasteiger partial charge < -0.3 is 4.90 Å². The van der Waals surface area contributed by atoms with Gasteiger partial charge in [-0.3, -0.25) is 9.98 Å². The van der Waals surface area contributed by atoms with Crippen molar-refractivity contribution in [2.24, 2.45) is 4.99 Å². The quantitative estimate of drug-likeness (QED) is 0.800. The van der Waals surface area contributed by atoms with Gasteiger partial charge in [-0.25, -0.2) is 0 Å². The lowest BCUT2D eigenvalue weighted by Crippen LogP contribution is -2.30. The van der Waals surface area contributed by atoms with Crippen molar-refractivity contribution >= 4 is 27.3 Å². The zero-order valence-electron chi connectivity index (χ0n) is 11.5. The topological polar surface area (TPSA) is 28.5 Å². The van der Waals surface area contributed by atoms with Crippen LogP contribution in [0.1, 0.15) is 18.2 Å². The van der Waals surface area contributed by atoms with Crippen molar-refractivity contribution in [2.45, 2.75) is 13.0 Å². The average molecular weight is 330 g/mol. The molecular weight excluding hydrogens is 314 g/mol. The van der Waals surface area contributed by atoms with Crippen molar-refractivity contribution in [3.63, 3.8) is 0 Å². The van der Waals surface area contributed by atoms with E-state index in [1.165, 1.54) is 5.69 Å². The Morgan fingerprint density at radius 3 is 2.85 bits per heavy atom. The summed E-state index contributed by atoms with van der Waals surface area (Å²) in [6, 6.07) is 12.6. The summed E-state index contributed by atoms with van der Waals surface area (Å²) in [5.74, 6) is 0. The number of fused-ring (bicyclic) bond motifs is 1. The molecule has 3 rings (SSSR count). The highest BCUT2D eigenvalue weighted by Crippen LogP contribution is 2.29. The highest BCUT2D eigenvalue weighted by molar-refractivity contribution is 9.10. The molecule has 0 aliphatic carbocycles. The van der Waals surface area contributed by atoms with Gasteiger partial charge in [0.1, 0.15) is 0 Å². The monoisotopic (exact) mass is 329 g/mol. The van der Waals surface area contributed by atoms with Gasteiger partial charge >= 0.3 is 0 Å². The number of aromatic nitrogens is 1. The molecule has 1 atom stereocenters. The molecule has 0 radical (unpaired) electrons. The van der Waals surface area contributed by atoms with E-state index in [0.29, 0.717) is 6.04 Å². The van der Waals surface area contributed by atoms with E-state index < -0.39 is 0 Å². The summed E-state index contributed by atoms with van der Waals surface area (Å²) < 4.78 is 1.06. The minimum absolute atomic E-state index is 0.371. The smallest absolute Gasteiger partial charge is 0.0925 e. The fourth-order valence-corrected chi connectivity index (χ4v) is 2.76. The van der Waals surface area contributed by atoms with E-state index in [9.17, 15) is 0 Å². The molecule has 0 spiro atoms. The Bertz CT molecular complexity index is 652. The lowest BCUT2D eigenvalue weighted by Gasteiger charge is -2.25. The minimum atomic E-state index is 0.371. The van der Waals surface area contributed by atoms with Crippen LogP contribution in [0.4, 0.5) is 5.69 Å².